The maximum absolute atomic E-state index is 13.1. The molecule has 8 heteroatoms. The molecule has 0 fully saturated rings. The van der Waals surface area contributed by atoms with Gasteiger partial charge in [0.2, 0.25) is 0 Å². The summed E-state index contributed by atoms with van der Waals surface area (Å²) < 4.78 is 39.3. The van der Waals surface area contributed by atoms with Crippen LogP contribution in [0, 0.1) is 0 Å². The predicted octanol–water partition coefficient (Wildman–Crippen LogP) is 3.00. The van der Waals surface area contributed by atoms with Gasteiger partial charge in [-0.15, -0.1) is 0 Å². The van der Waals surface area contributed by atoms with E-state index in [2.05, 4.69) is 9.97 Å². The van der Waals surface area contributed by atoms with Gasteiger partial charge in [-0.3, -0.25) is 9.78 Å². The topological polar surface area (TPSA) is 71.8 Å². The Morgan fingerprint density at radius 2 is 2.14 bits per heavy atom. The van der Waals surface area contributed by atoms with Crippen LogP contribution in [0.3, 0.4) is 0 Å². The highest BCUT2D eigenvalue weighted by atomic mass is 32.2. The van der Waals surface area contributed by atoms with E-state index < -0.39 is 27.9 Å². The van der Waals surface area contributed by atoms with Crippen molar-refractivity contribution in [2.24, 2.45) is 5.73 Å². The van der Waals surface area contributed by atoms with Crippen LogP contribution in [0.25, 0.3) is 10.9 Å². The zero-order valence-corrected chi connectivity index (χ0v) is 11.4. The summed E-state index contributed by atoms with van der Waals surface area (Å²) in [6, 6.07) is 1.58. The molecule has 0 saturated heterocycles. The van der Waals surface area contributed by atoms with Crippen LogP contribution in [0.4, 0.5) is 13.2 Å². The number of hydrogen-bond donors (Lipinski definition) is 3. The summed E-state index contributed by atoms with van der Waals surface area (Å²) in [4.78, 5) is 17.9. The van der Waals surface area contributed by atoms with E-state index in [9.17, 15) is 18.0 Å². The van der Waals surface area contributed by atoms with Crippen molar-refractivity contribution >= 4 is 27.7 Å². The number of halogens is 3. The number of nitrogens with one attached hydrogen (secondary N) is 1. The van der Waals surface area contributed by atoms with Gasteiger partial charge in [-0.2, -0.15) is 24.1 Å². The maximum Gasteiger partial charge on any atom is 0.421 e. The molecule has 3 heterocycles. The van der Waals surface area contributed by atoms with Crippen molar-refractivity contribution in [3.8, 4) is 0 Å². The van der Waals surface area contributed by atoms with Gasteiger partial charge in [0, 0.05) is 16.5 Å². The zero-order chi connectivity index (χ0) is 15.2. The first-order valence-electron chi connectivity index (χ1n) is 5.90. The van der Waals surface area contributed by atoms with E-state index in [-0.39, 0.29) is 5.69 Å². The largest absolute Gasteiger partial charge is 0.421 e. The molecule has 0 saturated carbocycles. The van der Waals surface area contributed by atoms with Gasteiger partial charge in [0.1, 0.15) is 5.69 Å². The van der Waals surface area contributed by atoms with Crippen LogP contribution in [-0.4, -0.2) is 22.1 Å². The van der Waals surface area contributed by atoms with E-state index in [0.29, 0.717) is 15.8 Å². The quantitative estimate of drug-likeness (QED) is 0.746. The number of thiol groups is 1. The number of hydrogen-bond acceptors (Lipinski definition) is 2. The second kappa shape index (κ2) is 4.66. The Bertz CT molecular complexity index is 792. The third kappa shape index (κ3) is 2.21. The lowest BCUT2D eigenvalue weighted by Gasteiger charge is -2.21. The summed E-state index contributed by atoms with van der Waals surface area (Å²) >= 11 is 0. The van der Waals surface area contributed by atoms with Crippen molar-refractivity contribution < 1.29 is 18.0 Å². The predicted molar refractivity (Wildman–Crippen MR) is 75.1 cm³/mol. The summed E-state index contributed by atoms with van der Waals surface area (Å²) in [5.74, 6) is -0.787. The third-order valence-electron chi connectivity index (χ3n) is 3.10. The smallest absolute Gasteiger partial charge is 0.364 e. The molecule has 21 heavy (non-hydrogen) atoms. The number of carbonyl (C=O) groups excluding carboxylic acids is 1. The number of H-pyrrole nitrogens is 1. The van der Waals surface area contributed by atoms with Crippen LogP contribution in [-0.2, 0) is 0 Å². The van der Waals surface area contributed by atoms with Gasteiger partial charge in [0.05, 0.1) is 16.6 Å². The standard InChI is InChI=1S/C13H10F3N3OS/c14-13(15,16)9-2-1-5-21(9)11-7-3-4-18-6-8(7)19-10(11)12(17)20/h1-6,19,21H,(H2,17,20). The van der Waals surface area contributed by atoms with Crippen molar-refractivity contribution in [2.45, 2.75) is 11.1 Å². The van der Waals surface area contributed by atoms with Crippen molar-refractivity contribution in [1.82, 2.24) is 9.97 Å². The highest BCUT2D eigenvalue weighted by Crippen LogP contribution is 2.57. The molecule has 2 aromatic heterocycles. The number of nitrogens with zero attached hydrogens (tertiary/aromatic N) is 1. The second-order valence-corrected chi connectivity index (χ2v) is 6.36. The summed E-state index contributed by atoms with van der Waals surface area (Å²) in [6.45, 7) is 0. The number of primary amides is 1. The molecule has 1 atom stereocenters. The monoisotopic (exact) mass is 313 g/mol. The first-order valence-corrected chi connectivity index (χ1v) is 7.31. The molecule has 1 aliphatic rings. The van der Waals surface area contributed by atoms with E-state index >= 15 is 0 Å². The summed E-state index contributed by atoms with van der Waals surface area (Å²) in [6.07, 6.45) is 0.879. The molecule has 1 amide bonds. The van der Waals surface area contributed by atoms with Gasteiger partial charge in [0.25, 0.3) is 5.91 Å². The Labute approximate surface area is 119 Å². The van der Waals surface area contributed by atoms with E-state index in [1.807, 2.05) is 0 Å². The van der Waals surface area contributed by atoms with Gasteiger partial charge in [0.15, 0.2) is 0 Å². The molecule has 3 N–H and O–H groups in total. The number of aromatic nitrogens is 2. The second-order valence-electron chi connectivity index (χ2n) is 4.40. The number of pyridine rings is 1. The van der Waals surface area contributed by atoms with Gasteiger partial charge < -0.3 is 10.7 Å². The fourth-order valence-electron chi connectivity index (χ4n) is 2.26. The SMILES string of the molecule is NC(=O)c1[nH]c2cnccc2c1[SH]1C=CC=C1C(F)(F)F. The van der Waals surface area contributed by atoms with Crippen molar-refractivity contribution in [2.75, 3.05) is 0 Å². The number of fused-ring (bicyclic) bond motifs is 1. The first-order chi connectivity index (χ1) is 9.89. The lowest BCUT2D eigenvalue weighted by Crippen LogP contribution is -2.15. The fourth-order valence-corrected chi connectivity index (χ4v) is 4.45. The molecule has 3 rings (SSSR count). The highest BCUT2D eigenvalue weighted by molar-refractivity contribution is 8.23. The molecular weight excluding hydrogens is 303 g/mol. The van der Waals surface area contributed by atoms with Crippen LogP contribution < -0.4 is 5.73 Å². The van der Waals surface area contributed by atoms with Crippen LogP contribution in [0.15, 0.2) is 45.8 Å². The Kier molecular flexibility index (Phi) is 3.05. The van der Waals surface area contributed by atoms with E-state index in [1.165, 1.54) is 23.9 Å². The van der Waals surface area contributed by atoms with Crippen molar-refractivity contribution in [3.63, 3.8) is 0 Å². The van der Waals surface area contributed by atoms with Gasteiger partial charge in [-0.05, 0) is 17.6 Å². The number of nitrogens with two attached hydrogens (primary N) is 1. The average molecular weight is 313 g/mol. The van der Waals surface area contributed by atoms with E-state index in [4.69, 9.17) is 5.73 Å². The van der Waals surface area contributed by atoms with Crippen LogP contribution in [0.5, 0.6) is 0 Å². The van der Waals surface area contributed by atoms with Crippen LogP contribution in [0.2, 0.25) is 0 Å². The number of allylic oxidation sites excluding steroid dienone is 3. The Morgan fingerprint density at radius 1 is 1.38 bits per heavy atom. The van der Waals surface area contributed by atoms with Gasteiger partial charge in [-0.25, -0.2) is 0 Å². The summed E-state index contributed by atoms with van der Waals surface area (Å²) in [7, 11) is -1.81. The zero-order valence-electron chi connectivity index (χ0n) is 10.5. The molecule has 4 nitrogen and oxygen atoms in total. The lowest BCUT2D eigenvalue weighted by molar-refractivity contribution is -0.0836. The van der Waals surface area contributed by atoms with E-state index in [0.717, 1.165) is 6.08 Å². The number of alkyl halides is 3. The minimum atomic E-state index is -4.44. The number of aromatic amines is 1. The van der Waals surface area contributed by atoms with E-state index in [1.54, 1.807) is 6.07 Å². The summed E-state index contributed by atoms with van der Waals surface area (Å²) in [5, 5.41) is 2.00. The Morgan fingerprint density at radius 3 is 2.81 bits per heavy atom. The van der Waals surface area contributed by atoms with Gasteiger partial charge in [-0.1, -0.05) is 6.08 Å². The summed E-state index contributed by atoms with van der Waals surface area (Å²) in [5.41, 5.74) is 5.79. The molecule has 2 aromatic rings. The Balaban J connectivity index is 2.25. The Hall–Kier alpha value is -2.22. The number of amides is 1. The van der Waals surface area contributed by atoms with Crippen molar-refractivity contribution in [1.29, 1.82) is 0 Å². The fraction of sp³-hybridized carbons (Fsp3) is 0.0769. The number of carbonyl (C=O) groups is 1. The molecule has 1 unspecified atom stereocenters. The normalized spacial score (nSPS) is 20.0. The third-order valence-corrected chi connectivity index (χ3v) is 5.44. The average Bonchev–Trinajstić information content (AvgIpc) is 3.01. The van der Waals surface area contributed by atoms with Gasteiger partial charge >= 0.3 is 6.18 Å². The highest BCUT2D eigenvalue weighted by Gasteiger charge is 2.40. The minimum absolute atomic E-state index is 0.00538. The molecule has 0 aliphatic carbocycles. The van der Waals surface area contributed by atoms with Crippen LogP contribution >= 0.6 is 10.9 Å². The molecule has 0 spiro atoms. The molecule has 1 aliphatic heterocycles. The molecular formula is C13H10F3N3OS. The van der Waals surface area contributed by atoms with Crippen LogP contribution in [0.1, 0.15) is 10.5 Å². The number of rotatable bonds is 2. The van der Waals surface area contributed by atoms with Crippen molar-refractivity contribution in [3.05, 3.63) is 46.6 Å². The molecule has 0 bridgehead atoms. The first kappa shape index (κ1) is 13.7. The minimum Gasteiger partial charge on any atom is -0.364 e. The molecule has 0 aromatic carbocycles. The molecule has 110 valence electrons. The maximum atomic E-state index is 13.1. The molecule has 0 radical (unpaired) electrons. The lowest BCUT2D eigenvalue weighted by atomic mass is 10.3.